The second-order valence-corrected chi connectivity index (χ2v) is 7.76. The van der Waals surface area contributed by atoms with Crippen molar-refractivity contribution < 1.29 is 32.3 Å². The predicted molar refractivity (Wildman–Crippen MR) is 109 cm³/mol. The first-order valence-electron chi connectivity index (χ1n) is 9.99. The number of fused-ring (bicyclic) bond motifs is 3. The summed E-state index contributed by atoms with van der Waals surface area (Å²) in [7, 11) is 0. The third-order valence-corrected chi connectivity index (χ3v) is 5.69. The van der Waals surface area contributed by atoms with Crippen LogP contribution < -0.4 is 15.0 Å². The van der Waals surface area contributed by atoms with E-state index in [4.69, 9.17) is 0 Å². The van der Waals surface area contributed by atoms with Gasteiger partial charge in [0.05, 0.1) is 16.9 Å². The van der Waals surface area contributed by atoms with Crippen LogP contribution in [0.5, 0.6) is 5.75 Å². The van der Waals surface area contributed by atoms with Gasteiger partial charge in [-0.15, -0.1) is 13.2 Å². The van der Waals surface area contributed by atoms with Gasteiger partial charge in [-0.1, -0.05) is 24.3 Å². The van der Waals surface area contributed by atoms with Gasteiger partial charge in [0.2, 0.25) is 11.8 Å². The van der Waals surface area contributed by atoms with E-state index in [1.807, 2.05) is 0 Å². The van der Waals surface area contributed by atoms with E-state index in [0.717, 1.165) is 6.07 Å². The molecule has 0 saturated carbocycles. The number of ether oxygens (including phenoxy) is 1. The third-order valence-electron chi connectivity index (χ3n) is 5.69. The molecule has 2 aromatic carbocycles. The number of nitrogens with one attached hydrogen (secondary N) is 1. The molecule has 4 rings (SSSR count). The monoisotopic (exact) mass is 447 g/mol. The van der Waals surface area contributed by atoms with Gasteiger partial charge in [0, 0.05) is 19.4 Å². The minimum absolute atomic E-state index is 0.0123. The van der Waals surface area contributed by atoms with Crippen LogP contribution in [0, 0.1) is 0 Å². The number of carbonyl (C=O) groups excluding carboxylic acids is 3. The van der Waals surface area contributed by atoms with Gasteiger partial charge < -0.3 is 15.0 Å². The highest BCUT2D eigenvalue weighted by Crippen LogP contribution is 2.44. The Kier molecular flexibility index (Phi) is 5.31. The van der Waals surface area contributed by atoms with E-state index >= 15 is 0 Å². The summed E-state index contributed by atoms with van der Waals surface area (Å²) in [6.07, 6.45) is -4.40. The maximum atomic E-state index is 13.2. The van der Waals surface area contributed by atoms with Gasteiger partial charge >= 0.3 is 6.36 Å². The summed E-state index contributed by atoms with van der Waals surface area (Å²) in [5.41, 5.74) is -0.139. The Hall–Kier alpha value is -3.56. The smallest absolute Gasteiger partial charge is 0.404 e. The molecule has 0 spiro atoms. The lowest BCUT2D eigenvalue weighted by molar-refractivity contribution is -0.274. The van der Waals surface area contributed by atoms with Crippen LogP contribution in [0.25, 0.3) is 0 Å². The molecule has 7 nitrogen and oxygen atoms in total. The molecule has 1 fully saturated rings. The number of para-hydroxylation sites is 3. The molecular weight excluding hydrogens is 427 g/mol. The molecule has 2 heterocycles. The first-order chi connectivity index (χ1) is 15.1. The van der Waals surface area contributed by atoms with E-state index in [0.29, 0.717) is 17.7 Å². The molecule has 32 heavy (non-hydrogen) atoms. The van der Waals surface area contributed by atoms with Crippen LogP contribution in [0.15, 0.2) is 48.5 Å². The normalized spacial score (nSPS) is 20.1. The van der Waals surface area contributed by atoms with Crippen molar-refractivity contribution in [1.29, 1.82) is 0 Å². The second kappa shape index (κ2) is 7.85. The van der Waals surface area contributed by atoms with Crippen molar-refractivity contribution in [2.45, 2.75) is 38.2 Å². The van der Waals surface area contributed by atoms with Crippen LogP contribution in [0.1, 0.15) is 36.5 Å². The molecule has 2 aliphatic rings. The third kappa shape index (κ3) is 3.88. The van der Waals surface area contributed by atoms with Crippen LogP contribution in [-0.2, 0) is 9.59 Å². The highest BCUT2D eigenvalue weighted by molar-refractivity contribution is 6.10. The van der Waals surface area contributed by atoms with Crippen LogP contribution in [0.4, 0.5) is 24.5 Å². The summed E-state index contributed by atoms with van der Waals surface area (Å²) in [4.78, 5) is 41.3. The summed E-state index contributed by atoms with van der Waals surface area (Å²) in [5, 5.41) is 2.41. The zero-order valence-corrected chi connectivity index (χ0v) is 17.1. The number of hydrogen-bond acceptors (Lipinski definition) is 4. The maximum absolute atomic E-state index is 13.2. The molecule has 168 valence electrons. The number of alkyl halides is 3. The lowest BCUT2D eigenvalue weighted by Crippen LogP contribution is -2.62. The maximum Gasteiger partial charge on any atom is 0.573 e. The van der Waals surface area contributed by atoms with Gasteiger partial charge in [-0.25, -0.2) is 0 Å². The van der Waals surface area contributed by atoms with E-state index in [-0.39, 0.29) is 36.9 Å². The lowest BCUT2D eigenvalue weighted by Gasteiger charge is -2.48. The van der Waals surface area contributed by atoms with Crippen molar-refractivity contribution in [3.8, 4) is 5.75 Å². The highest BCUT2D eigenvalue weighted by atomic mass is 19.4. The first-order valence-corrected chi connectivity index (χ1v) is 9.99. The number of nitrogens with zero attached hydrogens (tertiary/aromatic N) is 2. The SMILES string of the molecule is C[C@]12CCC(=O)N1c1ccccc1C(=O)N2CCC(=O)Nc1ccccc1OC(F)(F)F. The predicted octanol–water partition coefficient (Wildman–Crippen LogP) is 3.91. The Morgan fingerprint density at radius 3 is 2.56 bits per heavy atom. The number of halogens is 3. The minimum atomic E-state index is -4.90. The molecule has 2 aliphatic heterocycles. The molecule has 10 heteroatoms. The van der Waals surface area contributed by atoms with E-state index in [2.05, 4.69) is 10.1 Å². The van der Waals surface area contributed by atoms with Crippen molar-refractivity contribution in [2.24, 2.45) is 0 Å². The number of benzene rings is 2. The molecule has 0 bridgehead atoms. The molecule has 0 aromatic heterocycles. The van der Waals surface area contributed by atoms with Crippen molar-refractivity contribution in [3.05, 3.63) is 54.1 Å². The Morgan fingerprint density at radius 2 is 1.81 bits per heavy atom. The topological polar surface area (TPSA) is 79.0 Å². The summed E-state index contributed by atoms with van der Waals surface area (Å²) < 4.78 is 41.7. The van der Waals surface area contributed by atoms with E-state index < -0.39 is 23.7 Å². The lowest BCUT2D eigenvalue weighted by atomic mass is 9.98. The van der Waals surface area contributed by atoms with Crippen LogP contribution in [0.2, 0.25) is 0 Å². The fourth-order valence-electron chi connectivity index (χ4n) is 4.25. The zero-order chi connectivity index (χ0) is 23.1. The van der Waals surface area contributed by atoms with Crippen molar-refractivity contribution in [2.75, 3.05) is 16.8 Å². The molecular formula is C22H20F3N3O4. The number of hydrogen-bond donors (Lipinski definition) is 1. The van der Waals surface area contributed by atoms with Gasteiger partial charge in [-0.3, -0.25) is 19.3 Å². The molecule has 1 saturated heterocycles. The average molecular weight is 447 g/mol. The number of rotatable bonds is 5. The molecule has 3 amide bonds. The summed E-state index contributed by atoms with van der Waals surface area (Å²) >= 11 is 0. The Bertz CT molecular complexity index is 1090. The zero-order valence-electron chi connectivity index (χ0n) is 17.1. The molecule has 0 unspecified atom stereocenters. The molecule has 0 aliphatic carbocycles. The fraction of sp³-hybridized carbons (Fsp3) is 0.318. The summed E-state index contributed by atoms with van der Waals surface area (Å²) in [6.45, 7) is 1.76. The van der Waals surface area contributed by atoms with Gasteiger partial charge in [0.1, 0.15) is 5.66 Å². The summed E-state index contributed by atoms with van der Waals surface area (Å²) in [5.74, 6) is -1.53. The van der Waals surface area contributed by atoms with E-state index in [1.165, 1.54) is 23.1 Å². The van der Waals surface area contributed by atoms with Gasteiger partial charge in [0.25, 0.3) is 5.91 Å². The quantitative estimate of drug-likeness (QED) is 0.754. The number of amides is 3. The second-order valence-electron chi connectivity index (χ2n) is 7.76. The van der Waals surface area contributed by atoms with E-state index in [1.54, 1.807) is 36.1 Å². The first kappa shape index (κ1) is 21.7. The molecule has 1 atom stereocenters. The van der Waals surface area contributed by atoms with Crippen LogP contribution in [-0.4, -0.2) is 41.2 Å². The molecule has 0 radical (unpaired) electrons. The van der Waals surface area contributed by atoms with Gasteiger partial charge in [0.15, 0.2) is 5.75 Å². The average Bonchev–Trinajstić information content (AvgIpc) is 3.03. The number of carbonyl (C=O) groups is 3. The Labute approximate surface area is 181 Å². The number of anilines is 2. The van der Waals surface area contributed by atoms with E-state index in [9.17, 15) is 27.6 Å². The van der Waals surface area contributed by atoms with Crippen molar-refractivity contribution in [3.63, 3.8) is 0 Å². The standard InChI is InChI=1S/C22H20F3N3O4/c1-21-12-10-19(30)28(21)16-8-4-2-6-14(16)20(31)27(21)13-11-18(29)26-15-7-3-5-9-17(15)32-22(23,24)25/h2-9H,10-13H2,1H3,(H,26,29)/t21-/m1/s1. The van der Waals surface area contributed by atoms with Gasteiger partial charge in [-0.2, -0.15) is 0 Å². The Balaban J connectivity index is 1.51. The molecule has 2 aromatic rings. The minimum Gasteiger partial charge on any atom is -0.404 e. The summed E-state index contributed by atoms with van der Waals surface area (Å²) in [6, 6.07) is 12.0. The fourth-order valence-corrected chi connectivity index (χ4v) is 4.25. The largest absolute Gasteiger partial charge is 0.573 e. The molecule has 1 N–H and O–H groups in total. The Morgan fingerprint density at radius 1 is 1.12 bits per heavy atom. The van der Waals surface area contributed by atoms with Gasteiger partial charge in [-0.05, 0) is 37.6 Å². The van der Waals surface area contributed by atoms with Crippen LogP contribution >= 0.6 is 0 Å². The van der Waals surface area contributed by atoms with Crippen molar-refractivity contribution in [1.82, 2.24) is 4.90 Å². The van der Waals surface area contributed by atoms with Crippen molar-refractivity contribution >= 4 is 29.1 Å². The highest BCUT2D eigenvalue weighted by Gasteiger charge is 2.52. The van der Waals surface area contributed by atoms with Crippen LogP contribution in [0.3, 0.4) is 0 Å².